The number of methoxy groups -OCH3 is 1. The molecule has 0 unspecified atom stereocenters. The molecule has 100 valence electrons. The summed E-state index contributed by atoms with van der Waals surface area (Å²) >= 11 is 6.89. The maximum Gasteiger partial charge on any atom is 0.351 e. The fourth-order valence-corrected chi connectivity index (χ4v) is 2.43. The van der Waals surface area contributed by atoms with Crippen molar-refractivity contribution in [2.24, 2.45) is 0 Å². The van der Waals surface area contributed by atoms with Gasteiger partial charge in [0.05, 0.1) is 7.11 Å². The molecule has 8 heteroatoms. The SMILES string of the molecule is COC(=O)[C@H](CSC1=C(Cl)C(=O)OC1)NC(C)=O. The topological polar surface area (TPSA) is 81.7 Å². The quantitative estimate of drug-likeness (QED) is 0.739. The molecule has 1 N–H and O–H groups in total. The Morgan fingerprint density at radius 1 is 1.61 bits per heavy atom. The van der Waals surface area contributed by atoms with E-state index in [1.54, 1.807) is 0 Å². The zero-order valence-electron chi connectivity index (χ0n) is 9.82. The average Bonchev–Trinajstić information content (AvgIpc) is 2.64. The minimum absolute atomic E-state index is 0.0199. The Kier molecular flexibility index (Phi) is 5.49. The van der Waals surface area contributed by atoms with E-state index >= 15 is 0 Å². The number of amides is 1. The first-order valence-electron chi connectivity index (χ1n) is 4.99. The molecule has 1 aliphatic rings. The average molecular weight is 294 g/mol. The van der Waals surface area contributed by atoms with Crippen LogP contribution in [0.2, 0.25) is 0 Å². The lowest BCUT2D eigenvalue weighted by Gasteiger charge is -2.14. The largest absolute Gasteiger partial charge is 0.467 e. The molecule has 0 saturated heterocycles. The molecular weight excluding hydrogens is 282 g/mol. The summed E-state index contributed by atoms with van der Waals surface area (Å²) in [6.45, 7) is 1.39. The van der Waals surface area contributed by atoms with Crippen molar-refractivity contribution in [1.82, 2.24) is 5.32 Å². The molecule has 1 rings (SSSR count). The van der Waals surface area contributed by atoms with Gasteiger partial charge in [0, 0.05) is 17.6 Å². The van der Waals surface area contributed by atoms with E-state index in [1.807, 2.05) is 0 Å². The number of thioether (sulfide) groups is 1. The van der Waals surface area contributed by atoms with Crippen LogP contribution in [0.15, 0.2) is 9.94 Å². The lowest BCUT2D eigenvalue weighted by molar-refractivity contribution is -0.144. The van der Waals surface area contributed by atoms with E-state index in [-0.39, 0.29) is 23.3 Å². The molecular formula is C10H12ClNO5S. The number of rotatable bonds is 5. The van der Waals surface area contributed by atoms with Crippen molar-refractivity contribution < 1.29 is 23.9 Å². The molecule has 0 aromatic rings. The van der Waals surface area contributed by atoms with Crippen molar-refractivity contribution in [2.45, 2.75) is 13.0 Å². The van der Waals surface area contributed by atoms with Crippen molar-refractivity contribution in [2.75, 3.05) is 19.5 Å². The highest BCUT2D eigenvalue weighted by Crippen LogP contribution is 2.29. The molecule has 0 saturated carbocycles. The molecule has 0 bridgehead atoms. The molecule has 0 spiro atoms. The number of halogens is 1. The van der Waals surface area contributed by atoms with Gasteiger partial charge in [0.25, 0.3) is 0 Å². The zero-order chi connectivity index (χ0) is 13.7. The van der Waals surface area contributed by atoms with E-state index < -0.39 is 18.0 Å². The third-order valence-electron chi connectivity index (χ3n) is 2.05. The lowest BCUT2D eigenvalue weighted by Crippen LogP contribution is -2.42. The molecule has 18 heavy (non-hydrogen) atoms. The third-order valence-corrected chi connectivity index (χ3v) is 3.71. The molecule has 0 aromatic heterocycles. The molecule has 6 nitrogen and oxygen atoms in total. The first-order chi connectivity index (χ1) is 8.45. The number of ether oxygens (including phenoxy) is 2. The van der Waals surface area contributed by atoms with Crippen molar-refractivity contribution >= 4 is 41.2 Å². The standard InChI is InChI=1S/C10H12ClNO5S/c1-5(13)12-6(9(14)16-2)4-18-7-3-17-10(15)8(7)11/h6H,3-4H2,1-2H3,(H,12,13)/t6-/m0/s1. The van der Waals surface area contributed by atoms with Gasteiger partial charge < -0.3 is 14.8 Å². The van der Waals surface area contributed by atoms with Gasteiger partial charge in [-0.1, -0.05) is 11.6 Å². The van der Waals surface area contributed by atoms with E-state index in [0.717, 1.165) is 0 Å². The van der Waals surface area contributed by atoms with Crippen LogP contribution in [0.5, 0.6) is 0 Å². The lowest BCUT2D eigenvalue weighted by atomic mass is 10.3. The fraction of sp³-hybridized carbons (Fsp3) is 0.500. The Hall–Kier alpha value is -1.21. The van der Waals surface area contributed by atoms with E-state index in [9.17, 15) is 14.4 Å². The number of esters is 2. The van der Waals surface area contributed by atoms with E-state index in [4.69, 9.17) is 16.3 Å². The molecule has 1 atom stereocenters. The van der Waals surface area contributed by atoms with Crippen molar-refractivity contribution in [3.8, 4) is 0 Å². The number of hydrogen-bond acceptors (Lipinski definition) is 6. The normalized spacial score (nSPS) is 16.3. The summed E-state index contributed by atoms with van der Waals surface area (Å²) in [6, 6.07) is -0.787. The first kappa shape index (κ1) is 14.8. The number of hydrogen-bond donors (Lipinski definition) is 1. The number of carbonyl (C=O) groups is 3. The van der Waals surface area contributed by atoms with Gasteiger partial charge in [0.2, 0.25) is 5.91 Å². The van der Waals surface area contributed by atoms with Gasteiger partial charge in [0.15, 0.2) is 0 Å². The Labute approximate surface area is 113 Å². The van der Waals surface area contributed by atoms with Gasteiger partial charge in [0.1, 0.15) is 17.7 Å². The summed E-state index contributed by atoms with van der Waals surface area (Å²) in [5, 5.41) is 2.47. The van der Waals surface area contributed by atoms with Crippen LogP contribution in [0.3, 0.4) is 0 Å². The Morgan fingerprint density at radius 2 is 2.28 bits per heavy atom. The van der Waals surface area contributed by atoms with Gasteiger partial charge in [-0.25, -0.2) is 9.59 Å². The summed E-state index contributed by atoms with van der Waals surface area (Å²) < 4.78 is 9.27. The monoisotopic (exact) mass is 293 g/mol. The van der Waals surface area contributed by atoms with Gasteiger partial charge in [-0.2, -0.15) is 0 Å². The van der Waals surface area contributed by atoms with Crippen LogP contribution < -0.4 is 5.32 Å². The molecule has 0 fully saturated rings. The first-order valence-corrected chi connectivity index (χ1v) is 6.35. The van der Waals surface area contributed by atoms with Gasteiger partial charge >= 0.3 is 11.9 Å². The van der Waals surface area contributed by atoms with Crippen molar-refractivity contribution in [3.05, 3.63) is 9.94 Å². The van der Waals surface area contributed by atoms with Gasteiger partial charge in [-0.05, 0) is 0 Å². The predicted octanol–water partition coefficient (Wildman–Crippen LogP) is 0.404. The number of carbonyl (C=O) groups excluding carboxylic acids is 3. The Balaban J connectivity index is 2.60. The Morgan fingerprint density at radius 3 is 2.72 bits per heavy atom. The maximum absolute atomic E-state index is 11.4. The molecule has 1 heterocycles. The molecule has 0 aliphatic carbocycles. The highest BCUT2D eigenvalue weighted by atomic mass is 35.5. The van der Waals surface area contributed by atoms with Crippen LogP contribution in [0, 0.1) is 0 Å². The summed E-state index contributed by atoms with van der Waals surface area (Å²) in [5.74, 6) is -1.26. The fourth-order valence-electron chi connectivity index (χ4n) is 1.22. The minimum atomic E-state index is -0.787. The van der Waals surface area contributed by atoms with Crippen LogP contribution in [0.1, 0.15) is 6.92 Å². The van der Waals surface area contributed by atoms with Crippen LogP contribution in [0.25, 0.3) is 0 Å². The molecule has 1 aliphatic heterocycles. The highest BCUT2D eigenvalue weighted by molar-refractivity contribution is 8.03. The summed E-state index contributed by atoms with van der Waals surface area (Å²) in [5.41, 5.74) is 0. The second-order valence-corrected chi connectivity index (χ2v) is 4.89. The van der Waals surface area contributed by atoms with Gasteiger partial charge in [-0.15, -0.1) is 11.8 Å². The van der Waals surface area contributed by atoms with Crippen molar-refractivity contribution in [3.63, 3.8) is 0 Å². The third kappa shape index (κ3) is 3.92. The van der Waals surface area contributed by atoms with Crippen LogP contribution >= 0.6 is 23.4 Å². The number of cyclic esters (lactones) is 1. The second kappa shape index (κ2) is 6.65. The second-order valence-electron chi connectivity index (χ2n) is 3.40. The minimum Gasteiger partial charge on any atom is -0.467 e. The summed E-state index contributed by atoms with van der Waals surface area (Å²) in [6.07, 6.45) is 0. The van der Waals surface area contributed by atoms with E-state index in [1.165, 1.54) is 25.8 Å². The smallest absolute Gasteiger partial charge is 0.351 e. The zero-order valence-corrected chi connectivity index (χ0v) is 11.4. The maximum atomic E-state index is 11.4. The summed E-state index contributed by atoms with van der Waals surface area (Å²) in [7, 11) is 1.23. The Bertz CT molecular complexity index is 409. The molecule has 0 aromatic carbocycles. The molecule has 0 radical (unpaired) electrons. The van der Waals surface area contributed by atoms with Crippen LogP contribution in [0.4, 0.5) is 0 Å². The summed E-state index contributed by atoms with van der Waals surface area (Å²) in [4.78, 5) is 33.9. The predicted molar refractivity (Wildman–Crippen MR) is 65.9 cm³/mol. The number of nitrogens with one attached hydrogen (secondary N) is 1. The van der Waals surface area contributed by atoms with E-state index in [0.29, 0.717) is 4.91 Å². The molecule has 1 amide bonds. The highest BCUT2D eigenvalue weighted by Gasteiger charge is 2.26. The van der Waals surface area contributed by atoms with E-state index in [2.05, 4.69) is 10.1 Å². The van der Waals surface area contributed by atoms with Crippen LogP contribution in [-0.2, 0) is 23.9 Å². The van der Waals surface area contributed by atoms with Crippen molar-refractivity contribution in [1.29, 1.82) is 0 Å². The van der Waals surface area contributed by atoms with Crippen LogP contribution in [-0.4, -0.2) is 43.4 Å². The van der Waals surface area contributed by atoms with Gasteiger partial charge in [-0.3, -0.25) is 4.79 Å².